The van der Waals surface area contributed by atoms with E-state index < -0.39 is 28.5 Å². The molecule has 0 aliphatic heterocycles. The average Bonchev–Trinajstić information content (AvgIpc) is 3.02. The van der Waals surface area contributed by atoms with E-state index >= 15 is 0 Å². The van der Waals surface area contributed by atoms with Crippen molar-refractivity contribution in [1.82, 2.24) is 10.2 Å². The van der Waals surface area contributed by atoms with E-state index in [0.717, 1.165) is 54.4 Å². The van der Waals surface area contributed by atoms with E-state index in [1.807, 2.05) is 58.0 Å². The normalized spacial score (nSPS) is 14.5. The number of nitrogens with one attached hydrogen (secondary N) is 1. The van der Waals surface area contributed by atoms with Crippen molar-refractivity contribution in [3.05, 3.63) is 89.0 Å². The minimum absolute atomic E-state index is 0.0807. The third-order valence-corrected chi connectivity index (χ3v) is 10.3. The van der Waals surface area contributed by atoms with Crippen molar-refractivity contribution in [2.45, 2.75) is 89.7 Å². The van der Waals surface area contributed by atoms with Gasteiger partial charge in [-0.1, -0.05) is 62.1 Å². The Morgan fingerprint density at radius 3 is 2.16 bits per heavy atom. The molecule has 9 heteroatoms. The van der Waals surface area contributed by atoms with E-state index in [1.165, 1.54) is 9.21 Å². The van der Waals surface area contributed by atoms with Gasteiger partial charge in [-0.05, 0) is 93.1 Å². The Morgan fingerprint density at radius 2 is 1.57 bits per heavy atom. The van der Waals surface area contributed by atoms with Crippen LogP contribution in [0.1, 0.15) is 67.7 Å². The maximum absolute atomic E-state index is 14.4. The van der Waals surface area contributed by atoms with Crippen molar-refractivity contribution in [2.24, 2.45) is 0 Å². The van der Waals surface area contributed by atoms with E-state index in [0.29, 0.717) is 17.9 Å². The molecular weight excluding hydrogens is 574 g/mol. The fourth-order valence-corrected chi connectivity index (χ4v) is 7.04. The second kappa shape index (κ2) is 14.8. The van der Waals surface area contributed by atoms with Gasteiger partial charge in [0.05, 0.1) is 17.7 Å². The second-order valence-corrected chi connectivity index (χ2v) is 13.6. The number of benzene rings is 3. The fraction of sp³-hybridized carbons (Fsp3) is 0.429. The number of rotatable bonds is 12. The number of aryl methyl sites for hydroxylation is 3. The maximum atomic E-state index is 14.4. The van der Waals surface area contributed by atoms with Gasteiger partial charge in [0.25, 0.3) is 10.0 Å². The summed E-state index contributed by atoms with van der Waals surface area (Å²) in [6, 6.07) is 18.6. The van der Waals surface area contributed by atoms with E-state index in [9.17, 15) is 18.0 Å². The number of nitrogens with zero attached hydrogens (tertiary/aromatic N) is 2. The first-order valence-electron chi connectivity index (χ1n) is 15.4. The van der Waals surface area contributed by atoms with Crippen LogP contribution in [0.3, 0.4) is 0 Å². The van der Waals surface area contributed by atoms with Crippen molar-refractivity contribution >= 4 is 27.5 Å². The first-order chi connectivity index (χ1) is 21.0. The Balaban J connectivity index is 1.72. The summed E-state index contributed by atoms with van der Waals surface area (Å²) in [6.07, 6.45) is 5.52. The second-order valence-electron chi connectivity index (χ2n) is 11.7. The molecule has 0 radical (unpaired) electrons. The summed E-state index contributed by atoms with van der Waals surface area (Å²) in [4.78, 5) is 29.7. The summed E-state index contributed by atoms with van der Waals surface area (Å²) in [6.45, 7) is 7.32. The topological polar surface area (TPSA) is 96.0 Å². The molecule has 0 saturated heterocycles. The Hall–Kier alpha value is -3.85. The molecule has 0 bridgehead atoms. The number of hydrogen-bond donors (Lipinski definition) is 1. The molecule has 3 aromatic rings. The standard InChI is InChI=1S/C35H45N3O5S/c1-6-33(35(40)36-29-10-8-7-9-11-29)37(23-28-15-18-31(43-5)19-16-28)34(39)24-38(30-17-14-26(3)27(4)22-30)44(41,42)32-20-12-25(2)13-21-32/h12-22,29,33H,6-11,23-24H2,1-5H3,(H,36,40)/t33-/m1/s1. The quantitative estimate of drug-likeness (QED) is 0.266. The highest BCUT2D eigenvalue weighted by Gasteiger charge is 2.34. The molecule has 1 fully saturated rings. The molecule has 3 aromatic carbocycles. The number of anilines is 1. The molecule has 236 valence electrons. The summed E-state index contributed by atoms with van der Waals surface area (Å²) in [5.41, 5.74) is 4.05. The predicted molar refractivity (Wildman–Crippen MR) is 174 cm³/mol. The van der Waals surface area contributed by atoms with Crippen molar-refractivity contribution in [2.75, 3.05) is 18.0 Å². The van der Waals surface area contributed by atoms with Gasteiger partial charge in [0.15, 0.2) is 0 Å². The van der Waals surface area contributed by atoms with Crippen LogP contribution in [0, 0.1) is 20.8 Å². The summed E-state index contributed by atoms with van der Waals surface area (Å²) in [7, 11) is -2.53. The number of carbonyl (C=O) groups excluding carboxylic acids is 2. The highest BCUT2D eigenvalue weighted by atomic mass is 32.2. The lowest BCUT2D eigenvalue weighted by atomic mass is 9.95. The largest absolute Gasteiger partial charge is 0.497 e. The third kappa shape index (κ3) is 8.00. The molecule has 4 rings (SSSR count). The lowest BCUT2D eigenvalue weighted by Crippen LogP contribution is -2.54. The smallest absolute Gasteiger partial charge is 0.264 e. The minimum Gasteiger partial charge on any atom is -0.497 e. The van der Waals surface area contributed by atoms with Gasteiger partial charge in [0, 0.05) is 12.6 Å². The van der Waals surface area contributed by atoms with Gasteiger partial charge in [-0.25, -0.2) is 8.42 Å². The van der Waals surface area contributed by atoms with E-state index in [-0.39, 0.29) is 23.4 Å². The average molecular weight is 620 g/mol. The SMILES string of the molecule is CC[C@H](C(=O)NC1CCCCC1)N(Cc1ccc(OC)cc1)C(=O)CN(c1ccc(C)c(C)c1)S(=O)(=O)c1ccc(C)cc1. The number of methoxy groups -OCH3 is 1. The lowest BCUT2D eigenvalue weighted by Gasteiger charge is -2.34. The molecule has 0 heterocycles. The molecule has 1 atom stereocenters. The van der Waals surface area contributed by atoms with E-state index in [4.69, 9.17) is 4.74 Å². The Kier molecular flexibility index (Phi) is 11.1. The summed E-state index contributed by atoms with van der Waals surface area (Å²) >= 11 is 0. The van der Waals surface area contributed by atoms with Crippen LogP contribution in [-0.2, 0) is 26.2 Å². The van der Waals surface area contributed by atoms with Gasteiger partial charge in [-0.3, -0.25) is 13.9 Å². The first-order valence-corrected chi connectivity index (χ1v) is 16.9. The van der Waals surface area contributed by atoms with Gasteiger partial charge in [-0.15, -0.1) is 0 Å². The van der Waals surface area contributed by atoms with Crippen LogP contribution in [0.4, 0.5) is 5.69 Å². The van der Waals surface area contributed by atoms with E-state index in [2.05, 4.69) is 5.32 Å². The van der Waals surface area contributed by atoms with Crippen molar-refractivity contribution < 1.29 is 22.7 Å². The van der Waals surface area contributed by atoms with Crippen LogP contribution in [0.5, 0.6) is 5.75 Å². The van der Waals surface area contributed by atoms with Gasteiger partial charge in [-0.2, -0.15) is 0 Å². The molecule has 44 heavy (non-hydrogen) atoms. The molecule has 0 spiro atoms. The number of ether oxygens (including phenoxy) is 1. The van der Waals surface area contributed by atoms with Gasteiger partial charge in [0.1, 0.15) is 18.3 Å². The molecule has 2 amide bonds. The van der Waals surface area contributed by atoms with Crippen molar-refractivity contribution in [3.8, 4) is 5.75 Å². The zero-order valence-electron chi connectivity index (χ0n) is 26.5. The Morgan fingerprint density at radius 1 is 0.909 bits per heavy atom. The van der Waals surface area contributed by atoms with Crippen LogP contribution < -0.4 is 14.4 Å². The van der Waals surface area contributed by atoms with Crippen LogP contribution in [0.2, 0.25) is 0 Å². The monoisotopic (exact) mass is 619 g/mol. The van der Waals surface area contributed by atoms with Crippen LogP contribution in [0.15, 0.2) is 71.6 Å². The van der Waals surface area contributed by atoms with Gasteiger partial charge >= 0.3 is 0 Å². The Labute approximate surface area is 262 Å². The summed E-state index contributed by atoms with van der Waals surface area (Å²) in [5, 5.41) is 3.18. The van der Waals surface area contributed by atoms with Crippen molar-refractivity contribution in [1.29, 1.82) is 0 Å². The number of carbonyl (C=O) groups is 2. The molecule has 0 aromatic heterocycles. The highest BCUT2D eigenvalue weighted by Crippen LogP contribution is 2.27. The van der Waals surface area contributed by atoms with Gasteiger partial charge in [0.2, 0.25) is 11.8 Å². The van der Waals surface area contributed by atoms with Gasteiger partial charge < -0.3 is 15.0 Å². The minimum atomic E-state index is -4.12. The molecule has 0 unspecified atom stereocenters. The molecular formula is C35H45N3O5S. The number of sulfonamides is 1. The van der Waals surface area contributed by atoms with Crippen LogP contribution in [0.25, 0.3) is 0 Å². The third-order valence-electron chi connectivity index (χ3n) is 8.52. The summed E-state index contributed by atoms with van der Waals surface area (Å²) in [5.74, 6) is 0.0135. The maximum Gasteiger partial charge on any atom is 0.264 e. The Bertz CT molecular complexity index is 1530. The fourth-order valence-electron chi connectivity index (χ4n) is 5.64. The summed E-state index contributed by atoms with van der Waals surface area (Å²) < 4.78 is 34.7. The molecule has 1 N–H and O–H groups in total. The number of hydrogen-bond acceptors (Lipinski definition) is 5. The lowest BCUT2D eigenvalue weighted by molar-refractivity contribution is -0.140. The molecule has 8 nitrogen and oxygen atoms in total. The van der Waals surface area contributed by atoms with Crippen molar-refractivity contribution in [3.63, 3.8) is 0 Å². The highest BCUT2D eigenvalue weighted by molar-refractivity contribution is 7.92. The molecule has 1 aliphatic carbocycles. The zero-order valence-corrected chi connectivity index (χ0v) is 27.3. The predicted octanol–water partition coefficient (Wildman–Crippen LogP) is 6.07. The number of amides is 2. The van der Waals surface area contributed by atoms with Crippen LogP contribution >= 0.6 is 0 Å². The molecule has 1 saturated carbocycles. The first kappa shape index (κ1) is 33.1. The molecule has 1 aliphatic rings. The van der Waals surface area contributed by atoms with E-state index in [1.54, 1.807) is 43.5 Å². The zero-order chi connectivity index (χ0) is 31.9. The van der Waals surface area contributed by atoms with Crippen LogP contribution in [-0.4, -0.2) is 50.9 Å².